The third-order valence-electron chi connectivity index (χ3n) is 4.47. The molecule has 2 amide bonds. The number of carbonyl (C=O) groups is 2. The molecule has 1 fully saturated rings. The summed E-state index contributed by atoms with van der Waals surface area (Å²) < 4.78 is 6.36. The Morgan fingerprint density at radius 1 is 1.26 bits per heavy atom. The first kappa shape index (κ1) is 21.5. The van der Waals surface area contributed by atoms with Gasteiger partial charge in [-0.25, -0.2) is 4.79 Å². The molecular weight excluding hydrogens is 408 g/mol. The Bertz CT molecular complexity index is 689. The summed E-state index contributed by atoms with van der Waals surface area (Å²) in [5.41, 5.74) is 0.501. The molecule has 0 aromatic heterocycles. The Balaban J connectivity index is 1.80. The van der Waals surface area contributed by atoms with Gasteiger partial charge in [-0.05, 0) is 57.2 Å². The summed E-state index contributed by atoms with van der Waals surface area (Å²) in [4.78, 5) is 28.0. The number of carbonyl (C=O) groups excluding carboxylic acids is 2. The molecule has 0 aliphatic carbocycles. The minimum absolute atomic E-state index is 0.0321. The third-order valence-corrected chi connectivity index (χ3v) is 5.20. The first-order chi connectivity index (χ1) is 12.7. The molecule has 0 atom stereocenters. The number of likely N-dealkylation sites (tertiary alicyclic amines) is 1. The summed E-state index contributed by atoms with van der Waals surface area (Å²) in [6.07, 6.45) is 4.96. The van der Waals surface area contributed by atoms with Gasteiger partial charge in [-0.15, -0.1) is 0 Å². The highest BCUT2D eigenvalue weighted by Crippen LogP contribution is 2.21. The van der Waals surface area contributed by atoms with E-state index in [-0.39, 0.29) is 12.0 Å². The van der Waals surface area contributed by atoms with E-state index in [1.54, 1.807) is 18.0 Å². The molecule has 1 aliphatic rings. The van der Waals surface area contributed by atoms with Gasteiger partial charge in [0.1, 0.15) is 5.60 Å². The van der Waals surface area contributed by atoms with Crippen LogP contribution in [0.25, 0.3) is 6.08 Å². The van der Waals surface area contributed by atoms with Crippen molar-refractivity contribution in [1.29, 1.82) is 0 Å². The van der Waals surface area contributed by atoms with Gasteiger partial charge in [-0.2, -0.15) is 0 Å². The molecular formula is C21H29BrN2O3. The molecule has 6 heteroatoms. The predicted molar refractivity (Wildman–Crippen MR) is 111 cm³/mol. The number of hydrogen-bond acceptors (Lipinski definition) is 3. The van der Waals surface area contributed by atoms with Crippen LogP contribution in [0.1, 0.15) is 39.2 Å². The largest absolute Gasteiger partial charge is 0.444 e. The number of nitrogens with zero attached hydrogens (tertiary/aromatic N) is 2. The van der Waals surface area contributed by atoms with Crippen LogP contribution < -0.4 is 0 Å². The van der Waals surface area contributed by atoms with Gasteiger partial charge < -0.3 is 14.5 Å². The van der Waals surface area contributed by atoms with Crippen LogP contribution >= 0.6 is 15.9 Å². The highest BCUT2D eigenvalue weighted by molar-refractivity contribution is 9.10. The lowest BCUT2D eigenvalue weighted by Crippen LogP contribution is -2.42. The Labute approximate surface area is 170 Å². The standard InChI is InChI=1S/C21H29BrN2O3/c1-21(2,3)27-20(26)23(4)15-16-11-13-24(14-12-16)19(25)10-9-17-7-5-6-8-18(17)22/h5-10,16H,11-15H2,1-4H3. The van der Waals surface area contributed by atoms with Gasteiger partial charge in [0.15, 0.2) is 0 Å². The molecule has 2 rings (SSSR count). The van der Waals surface area contributed by atoms with Gasteiger partial charge in [-0.3, -0.25) is 4.79 Å². The second-order valence-electron chi connectivity index (χ2n) is 7.98. The van der Waals surface area contributed by atoms with E-state index < -0.39 is 5.60 Å². The third kappa shape index (κ3) is 7.01. The molecule has 0 bridgehead atoms. The van der Waals surface area contributed by atoms with Crippen molar-refractivity contribution in [3.05, 3.63) is 40.4 Å². The van der Waals surface area contributed by atoms with E-state index >= 15 is 0 Å². The van der Waals surface area contributed by atoms with Gasteiger partial charge in [0.05, 0.1) is 0 Å². The van der Waals surface area contributed by atoms with Crippen molar-refractivity contribution in [1.82, 2.24) is 9.80 Å². The lowest BCUT2D eigenvalue weighted by Gasteiger charge is -2.34. The van der Waals surface area contributed by atoms with Gasteiger partial charge in [0.2, 0.25) is 5.91 Å². The number of benzene rings is 1. The highest BCUT2D eigenvalue weighted by atomic mass is 79.9. The fourth-order valence-corrected chi connectivity index (χ4v) is 3.43. The van der Waals surface area contributed by atoms with Crippen molar-refractivity contribution in [2.75, 3.05) is 26.7 Å². The van der Waals surface area contributed by atoms with E-state index in [1.807, 2.05) is 56.0 Å². The number of amides is 2. The van der Waals surface area contributed by atoms with Gasteiger partial charge in [-0.1, -0.05) is 34.1 Å². The molecule has 5 nitrogen and oxygen atoms in total. The first-order valence-corrected chi connectivity index (χ1v) is 10.1. The molecule has 1 aromatic rings. The van der Waals surface area contributed by atoms with Crippen molar-refractivity contribution >= 4 is 34.0 Å². The zero-order valence-corrected chi connectivity index (χ0v) is 18.2. The van der Waals surface area contributed by atoms with Crippen molar-refractivity contribution in [3.63, 3.8) is 0 Å². The fraction of sp³-hybridized carbons (Fsp3) is 0.524. The number of rotatable bonds is 4. The second kappa shape index (κ2) is 9.40. The first-order valence-electron chi connectivity index (χ1n) is 9.31. The highest BCUT2D eigenvalue weighted by Gasteiger charge is 2.26. The summed E-state index contributed by atoms with van der Waals surface area (Å²) in [5, 5.41) is 0. The van der Waals surface area contributed by atoms with E-state index in [0.29, 0.717) is 25.6 Å². The van der Waals surface area contributed by atoms with Gasteiger partial charge in [0.25, 0.3) is 0 Å². The van der Waals surface area contributed by atoms with Crippen LogP contribution in [0.15, 0.2) is 34.8 Å². The van der Waals surface area contributed by atoms with Gasteiger partial charge >= 0.3 is 6.09 Å². The average molecular weight is 437 g/mol. The van der Waals surface area contributed by atoms with Crippen molar-refractivity contribution < 1.29 is 14.3 Å². The van der Waals surface area contributed by atoms with Crippen LogP contribution in [0.5, 0.6) is 0 Å². The van der Waals surface area contributed by atoms with E-state index in [0.717, 1.165) is 22.9 Å². The fourth-order valence-electron chi connectivity index (χ4n) is 3.01. The Kier molecular flexibility index (Phi) is 7.48. The van der Waals surface area contributed by atoms with Crippen molar-refractivity contribution in [2.45, 2.75) is 39.2 Å². The maximum atomic E-state index is 12.4. The lowest BCUT2D eigenvalue weighted by atomic mass is 9.96. The minimum atomic E-state index is -0.485. The van der Waals surface area contributed by atoms with Crippen LogP contribution in [-0.4, -0.2) is 54.1 Å². The molecule has 27 heavy (non-hydrogen) atoms. The molecule has 1 aliphatic heterocycles. The molecule has 1 aromatic carbocycles. The summed E-state index contributed by atoms with van der Waals surface area (Å²) in [7, 11) is 1.77. The predicted octanol–water partition coefficient (Wildman–Crippen LogP) is 4.57. The molecule has 0 saturated carbocycles. The number of ether oxygens (including phenoxy) is 1. The second-order valence-corrected chi connectivity index (χ2v) is 8.84. The number of piperidine rings is 1. The Morgan fingerprint density at radius 2 is 1.89 bits per heavy atom. The smallest absolute Gasteiger partial charge is 0.410 e. The number of halogens is 1. The van der Waals surface area contributed by atoms with Crippen LogP contribution in [0, 0.1) is 5.92 Å². The van der Waals surface area contributed by atoms with Gasteiger partial charge in [0, 0.05) is 37.2 Å². The molecule has 0 radical (unpaired) electrons. The van der Waals surface area contributed by atoms with E-state index in [1.165, 1.54) is 0 Å². The molecule has 0 N–H and O–H groups in total. The van der Waals surface area contributed by atoms with Crippen molar-refractivity contribution in [3.8, 4) is 0 Å². The monoisotopic (exact) mass is 436 g/mol. The molecule has 1 heterocycles. The van der Waals surface area contributed by atoms with Crippen molar-refractivity contribution in [2.24, 2.45) is 5.92 Å². The summed E-state index contributed by atoms with van der Waals surface area (Å²) in [6, 6.07) is 7.81. The summed E-state index contributed by atoms with van der Waals surface area (Å²) >= 11 is 3.48. The van der Waals surface area contributed by atoms with Crippen LogP contribution in [-0.2, 0) is 9.53 Å². The molecule has 0 spiro atoms. The Morgan fingerprint density at radius 3 is 2.48 bits per heavy atom. The minimum Gasteiger partial charge on any atom is -0.444 e. The quantitative estimate of drug-likeness (QED) is 0.649. The molecule has 148 valence electrons. The van der Waals surface area contributed by atoms with Crippen LogP contribution in [0.2, 0.25) is 0 Å². The van der Waals surface area contributed by atoms with E-state index in [9.17, 15) is 9.59 Å². The topological polar surface area (TPSA) is 49.9 Å². The number of hydrogen-bond donors (Lipinski definition) is 0. The van der Waals surface area contributed by atoms with E-state index in [4.69, 9.17) is 4.74 Å². The lowest BCUT2D eigenvalue weighted by molar-refractivity contribution is -0.127. The Hall–Kier alpha value is -1.82. The molecule has 0 unspecified atom stereocenters. The average Bonchev–Trinajstić information content (AvgIpc) is 2.60. The zero-order chi connectivity index (χ0) is 20.0. The van der Waals surface area contributed by atoms with Crippen LogP contribution in [0.4, 0.5) is 4.79 Å². The van der Waals surface area contributed by atoms with Crippen LogP contribution in [0.3, 0.4) is 0 Å². The maximum absolute atomic E-state index is 12.4. The molecule has 1 saturated heterocycles. The summed E-state index contributed by atoms with van der Waals surface area (Å²) in [6.45, 7) is 7.68. The van der Waals surface area contributed by atoms with E-state index in [2.05, 4.69) is 15.9 Å². The maximum Gasteiger partial charge on any atom is 0.410 e. The normalized spacial score (nSPS) is 15.8. The zero-order valence-electron chi connectivity index (χ0n) is 16.6. The summed E-state index contributed by atoms with van der Waals surface area (Å²) in [5.74, 6) is 0.420. The SMILES string of the molecule is CN(CC1CCN(C(=O)C=Cc2ccccc2Br)CC1)C(=O)OC(C)(C)C.